The topological polar surface area (TPSA) is 85.1 Å². The number of rotatable bonds is 7. The molecular formula is C20H18FN3O3S3. The molecule has 6 nitrogen and oxygen atoms in total. The van der Waals surface area contributed by atoms with E-state index in [2.05, 4.69) is 14.9 Å². The summed E-state index contributed by atoms with van der Waals surface area (Å²) in [7, 11) is -3.66. The fourth-order valence-electron chi connectivity index (χ4n) is 2.91. The third-order valence-corrected chi connectivity index (χ3v) is 8.35. The number of thiophene rings is 2. The number of aryl methyl sites for hydroxylation is 2. The molecule has 1 N–H and O–H groups in total. The lowest BCUT2D eigenvalue weighted by atomic mass is 10.2. The Labute approximate surface area is 181 Å². The number of nitrogens with zero attached hydrogens (tertiary/aromatic N) is 2. The molecule has 0 aliphatic rings. The van der Waals surface area contributed by atoms with Crippen molar-refractivity contribution in [3.8, 4) is 22.2 Å². The number of hydrogen-bond donors (Lipinski definition) is 1. The van der Waals surface area contributed by atoms with Gasteiger partial charge in [-0.2, -0.15) is 4.98 Å². The molecule has 0 aliphatic heterocycles. The van der Waals surface area contributed by atoms with E-state index >= 15 is 0 Å². The molecule has 0 aliphatic carbocycles. The SMILES string of the molecule is Cc1ccsc1CCNS(=O)(=O)c1cc(-c2nc(-c3ccc(F)cc3)no2)sc1C. The number of sulfonamides is 1. The second-order valence-electron chi connectivity index (χ2n) is 6.64. The molecule has 1 aromatic carbocycles. The van der Waals surface area contributed by atoms with Crippen molar-refractivity contribution < 1.29 is 17.3 Å². The van der Waals surface area contributed by atoms with Crippen LogP contribution in [0.5, 0.6) is 0 Å². The van der Waals surface area contributed by atoms with Crippen LogP contribution in [-0.4, -0.2) is 25.1 Å². The Balaban J connectivity index is 1.51. The third kappa shape index (κ3) is 4.36. The first kappa shape index (κ1) is 20.9. The fraction of sp³-hybridized carbons (Fsp3) is 0.200. The molecule has 0 unspecified atom stereocenters. The van der Waals surface area contributed by atoms with Crippen molar-refractivity contribution in [3.05, 3.63) is 62.9 Å². The van der Waals surface area contributed by atoms with Gasteiger partial charge in [0.25, 0.3) is 5.89 Å². The van der Waals surface area contributed by atoms with Crippen molar-refractivity contribution >= 4 is 32.7 Å². The summed E-state index contributed by atoms with van der Waals surface area (Å²) in [5.74, 6) is 0.177. The molecule has 0 radical (unpaired) electrons. The highest BCUT2D eigenvalue weighted by molar-refractivity contribution is 7.89. The number of nitrogens with one attached hydrogen (secondary N) is 1. The number of aromatic nitrogens is 2. The van der Waals surface area contributed by atoms with Crippen molar-refractivity contribution in [2.45, 2.75) is 25.2 Å². The van der Waals surface area contributed by atoms with E-state index in [0.29, 0.717) is 34.1 Å². The van der Waals surface area contributed by atoms with Crippen molar-refractivity contribution in [2.75, 3.05) is 6.54 Å². The van der Waals surface area contributed by atoms with Gasteiger partial charge in [0.05, 0.1) is 9.77 Å². The van der Waals surface area contributed by atoms with Gasteiger partial charge >= 0.3 is 0 Å². The van der Waals surface area contributed by atoms with Crippen LogP contribution in [0.1, 0.15) is 15.3 Å². The third-order valence-electron chi connectivity index (χ3n) is 4.51. The second-order valence-corrected chi connectivity index (χ2v) is 10.6. The molecular weight excluding hydrogens is 445 g/mol. The van der Waals surface area contributed by atoms with Crippen LogP contribution in [0.4, 0.5) is 4.39 Å². The van der Waals surface area contributed by atoms with Gasteiger partial charge in [-0.05, 0) is 67.6 Å². The van der Waals surface area contributed by atoms with Crippen LogP contribution in [0, 0.1) is 19.7 Å². The molecule has 4 aromatic rings. The Morgan fingerprint density at radius 1 is 1.17 bits per heavy atom. The molecule has 10 heteroatoms. The van der Waals surface area contributed by atoms with Crippen LogP contribution < -0.4 is 4.72 Å². The van der Waals surface area contributed by atoms with E-state index in [9.17, 15) is 12.8 Å². The Kier molecular flexibility index (Phi) is 5.83. The number of hydrogen-bond acceptors (Lipinski definition) is 7. The van der Waals surface area contributed by atoms with Gasteiger partial charge in [0.15, 0.2) is 0 Å². The minimum atomic E-state index is -3.66. The van der Waals surface area contributed by atoms with E-state index in [1.807, 2.05) is 18.4 Å². The summed E-state index contributed by atoms with van der Waals surface area (Å²) in [6.45, 7) is 4.08. The normalized spacial score (nSPS) is 11.8. The number of halogens is 1. The first-order chi connectivity index (χ1) is 14.3. The summed E-state index contributed by atoms with van der Waals surface area (Å²) in [5.41, 5.74) is 1.78. The smallest absolute Gasteiger partial charge is 0.268 e. The molecule has 0 bridgehead atoms. The summed E-state index contributed by atoms with van der Waals surface area (Å²) in [6, 6.07) is 9.30. The molecule has 3 aromatic heterocycles. The van der Waals surface area contributed by atoms with Crippen LogP contribution >= 0.6 is 22.7 Å². The maximum absolute atomic E-state index is 13.1. The van der Waals surface area contributed by atoms with Gasteiger partial charge in [0.1, 0.15) is 5.82 Å². The van der Waals surface area contributed by atoms with Gasteiger partial charge < -0.3 is 4.52 Å². The molecule has 0 atom stereocenters. The van der Waals surface area contributed by atoms with Gasteiger partial charge in [-0.15, -0.1) is 22.7 Å². The summed E-state index contributed by atoms with van der Waals surface area (Å²) in [4.78, 5) is 6.88. The zero-order valence-electron chi connectivity index (χ0n) is 16.2. The lowest BCUT2D eigenvalue weighted by Crippen LogP contribution is -2.26. The molecule has 3 heterocycles. The van der Waals surface area contributed by atoms with Gasteiger partial charge in [0.2, 0.25) is 15.8 Å². The Morgan fingerprint density at radius 3 is 2.63 bits per heavy atom. The minimum Gasteiger partial charge on any atom is -0.333 e. The average Bonchev–Trinajstić information content (AvgIpc) is 3.43. The molecule has 0 saturated carbocycles. The zero-order chi connectivity index (χ0) is 21.3. The maximum atomic E-state index is 13.1. The number of benzene rings is 1. The van der Waals surface area contributed by atoms with E-state index in [0.717, 1.165) is 0 Å². The molecule has 0 spiro atoms. The Bertz CT molecular complexity index is 1270. The van der Waals surface area contributed by atoms with Crippen molar-refractivity contribution in [1.29, 1.82) is 0 Å². The van der Waals surface area contributed by atoms with Gasteiger partial charge in [-0.25, -0.2) is 17.5 Å². The predicted octanol–water partition coefficient (Wildman–Crippen LogP) is 4.80. The lowest BCUT2D eigenvalue weighted by Gasteiger charge is -2.06. The molecule has 0 amide bonds. The summed E-state index contributed by atoms with van der Waals surface area (Å²) in [6.07, 6.45) is 0.642. The van der Waals surface area contributed by atoms with Gasteiger partial charge in [-0.3, -0.25) is 0 Å². The highest BCUT2D eigenvalue weighted by Crippen LogP contribution is 2.33. The monoisotopic (exact) mass is 463 g/mol. The van der Waals surface area contributed by atoms with Crippen LogP contribution in [0.2, 0.25) is 0 Å². The Hall–Kier alpha value is -2.40. The first-order valence-corrected chi connectivity index (χ1v) is 12.2. The van der Waals surface area contributed by atoms with E-state index in [1.165, 1.54) is 33.9 Å². The first-order valence-electron chi connectivity index (χ1n) is 9.06. The quantitative estimate of drug-likeness (QED) is 0.425. The largest absolute Gasteiger partial charge is 0.333 e. The molecule has 156 valence electrons. The molecule has 0 saturated heterocycles. The lowest BCUT2D eigenvalue weighted by molar-refractivity contribution is 0.433. The Morgan fingerprint density at radius 2 is 1.93 bits per heavy atom. The van der Waals surface area contributed by atoms with E-state index < -0.39 is 10.0 Å². The van der Waals surface area contributed by atoms with E-state index in [-0.39, 0.29) is 16.6 Å². The average molecular weight is 464 g/mol. The van der Waals surface area contributed by atoms with E-state index in [4.69, 9.17) is 4.52 Å². The van der Waals surface area contributed by atoms with Crippen LogP contribution in [0.15, 0.2) is 51.2 Å². The molecule has 4 rings (SSSR count). The van der Waals surface area contributed by atoms with Gasteiger partial charge in [-0.1, -0.05) is 5.16 Å². The summed E-state index contributed by atoms with van der Waals surface area (Å²) >= 11 is 2.89. The van der Waals surface area contributed by atoms with E-state index in [1.54, 1.807) is 36.5 Å². The van der Waals surface area contributed by atoms with Crippen molar-refractivity contribution in [3.63, 3.8) is 0 Å². The summed E-state index contributed by atoms with van der Waals surface area (Å²) < 4.78 is 46.6. The minimum absolute atomic E-state index is 0.201. The van der Waals surface area contributed by atoms with Crippen LogP contribution in [0.25, 0.3) is 22.2 Å². The summed E-state index contributed by atoms with van der Waals surface area (Å²) in [5, 5.41) is 5.91. The molecule has 0 fully saturated rings. The molecule has 30 heavy (non-hydrogen) atoms. The predicted molar refractivity (Wildman–Crippen MR) is 116 cm³/mol. The maximum Gasteiger partial charge on any atom is 0.268 e. The van der Waals surface area contributed by atoms with Crippen molar-refractivity contribution in [2.24, 2.45) is 0 Å². The van der Waals surface area contributed by atoms with Crippen molar-refractivity contribution in [1.82, 2.24) is 14.9 Å². The van der Waals surface area contributed by atoms with Crippen LogP contribution in [0.3, 0.4) is 0 Å². The highest BCUT2D eigenvalue weighted by atomic mass is 32.2. The standard InChI is InChI=1S/C20H18FN3O3S3/c1-12-8-10-28-16(12)7-9-22-30(25,26)18-11-17(29-13(18)2)20-23-19(24-27-20)14-3-5-15(21)6-4-14/h3-6,8,10-11,22H,7,9H2,1-2H3. The fourth-order valence-corrected chi connectivity index (χ4v) is 6.37. The van der Waals surface area contributed by atoms with Crippen LogP contribution in [-0.2, 0) is 16.4 Å². The van der Waals surface area contributed by atoms with Gasteiger partial charge in [0, 0.05) is 21.9 Å². The second kappa shape index (κ2) is 8.38. The highest BCUT2D eigenvalue weighted by Gasteiger charge is 2.22. The zero-order valence-corrected chi connectivity index (χ0v) is 18.6.